The van der Waals surface area contributed by atoms with E-state index >= 15 is 0 Å². The molecule has 1 saturated heterocycles. The van der Waals surface area contributed by atoms with Gasteiger partial charge in [-0.3, -0.25) is 4.99 Å². The maximum absolute atomic E-state index is 11.9. The minimum Gasteiger partial charge on any atom is -0.493 e. The molecule has 1 aliphatic heterocycles. The van der Waals surface area contributed by atoms with Crippen molar-refractivity contribution in [1.29, 1.82) is 0 Å². The van der Waals surface area contributed by atoms with E-state index in [2.05, 4.69) is 48.5 Å². The summed E-state index contributed by atoms with van der Waals surface area (Å²) < 4.78 is 31.2. The first-order chi connectivity index (χ1) is 13.7. The minimum absolute atomic E-state index is 0. The number of rotatable bonds is 9. The third-order valence-electron chi connectivity index (χ3n) is 4.87. The number of guanidine groups is 1. The van der Waals surface area contributed by atoms with Gasteiger partial charge in [0.2, 0.25) is 10.0 Å². The number of nitrogens with zero attached hydrogens (tertiary/aromatic N) is 2. The first-order valence-electron chi connectivity index (χ1n) is 10.4. The maximum atomic E-state index is 11.9. The molecule has 1 aliphatic rings. The van der Waals surface area contributed by atoms with Gasteiger partial charge in [-0.1, -0.05) is 26.0 Å². The molecule has 0 spiro atoms. The van der Waals surface area contributed by atoms with E-state index in [-0.39, 0.29) is 36.1 Å². The Bertz CT molecular complexity index is 769. The Labute approximate surface area is 199 Å². The van der Waals surface area contributed by atoms with Gasteiger partial charge in [0, 0.05) is 19.1 Å². The summed E-state index contributed by atoms with van der Waals surface area (Å²) in [6.07, 6.45) is 3.01. The second kappa shape index (κ2) is 12.7. The highest BCUT2D eigenvalue weighted by Gasteiger charge is 2.31. The van der Waals surface area contributed by atoms with Gasteiger partial charge in [-0.25, -0.2) is 8.42 Å². The summed E-state index contributed by atoms with van der Waals surface area (Å²) in [6, 6.07) is 8.08. The van der Waals surface area contributed by atoms with Crippen LogP contribution in [0.2, 0.25) is 0 Å². The predicted octanol–water partition coefficient (Wildman–Crippen LogP) is 3.38. The Balaban J connectivity index is 0.00000450. The average Bonchev–Trinajstić information content (AvgIpc) is 3.14. The van der Waals surface area contributed by atoms with Crippen molar-refractivity contribution in [3.8, 4) is 5.75 Å². The monoisotopic (exact) mass is 552 g/mol. The minimum atomic E-state index is -3.18. The molecule has 0 amide bonds. The number of hydrogen-bond donors (Lipinski definition) is 2. The van der Waals surface area contributed by atoms with Crippen LogP contribution in [-0.4, -0.2) is 57.2 Å². The molecule has 2 atom stereocenters. The van der Waals surface area contributed by atoms with Crippen molar-refractivity contribution in [2.24, 2.45) is 10.9 Å². The third-order valence-corrected chi connectivity index (χ3v) is 6.20. The van der Waals surface area contributed by atoms with Gasteiger partial charge in [0.1, 0.15) is 5.75 Å². The van der Waals surface area contributed by atoms with Gasteiger partial charge in [-0.05, 0) is 50.3 Å². The van der Waals surface area contributed by atoms with Crippen LogP contribution in [0.25, 0.3) is 0 Å². The molecule has 172 valence electrons. The van der Waals surface area contributed by atoms with Crippen LogP contribution in [0.5, 0.6) is 5.75 Å². The summed E-state index contributed by atoms with van der Waals surface area (Å²) in [6.45, 7) is 10.8. The second-order valence-electron chi connectivity index (χ2n) is 8.03. The van der Waals surface area contributed by atoms with E-state index in [9.17, 15) is 8.42 Å². The van der Waals surface area contributed by atoms with Crippen LogP contribution in [0.1, 0.15) is 52.1 Å². The summed E-state index contributed by atoms with van der Waals surface area (Å²) in [5.41, 5.74) is 1.13. The summed E-state index contributed by atoms with van der Waals surface area (Å²) in [5.74, 6) is 2.06. The number of nitrogens with one attached hydrogen (secondary N) is 2. The van der Waals surface area contributed by atoms with E-state index in [1.54, 1.807) is 4.31 Å². The SMILES string of the molecule is CCNC(=NC[C@H]1CCCN1S(C)(=O)=O)NC(C)c1ccc(OCC(C)C)cc1.I. The van der Waals surface area contributed by atoms with Crippen LogP contribution >= 0.6 is 24.0 Å². The Morgan fingerprint density at radius 1 is 1.27 bits per heavy atom. The van der Waals surface area contributed by atoms with E-state index in [0.29, 0.717) is 31.6 Å². The van der Waals surface area contributed by atoms with Crippen LogP contribution in [0.15, 0.2) is 29.3 Å². The smallest absolute Gasteiger partial charge is 0.211 e. The molecular weight excluding hydrogens is 515 g/mol. The van der Waals surface area contributed by atoms with Crippen molar-refractivity contribution < 1.29 is 13.2 Å². The standard InChI is InChI=1S/C21H36N4O3S.HI/c1-6-22-21(23-14-19-8-7-13-25(19)29(5,26)27)24-17(4)18-9-11-20(12-10-18)28-15-16(2)3;/h9-12,16-17,19H,6-8,13-15H2,1-5H3,(H2,22,23,24);1H/t17?,19-;/m1./s1. The molecule has 1 aromatic rings. The lowest BCUT2D eigenvalue weighted by molar-refractivity contribution is 0.271. The molecule has 1 unspecified atom stereocenters. The van der Waals surface area contributed by atoms with Crippen LogP contribution in [0, 0.1) is 5.92 Å². The molecule has 1 fully saturated rings. The summed E-state index contributed by atoms with van der Waals surface area (Å²) in [4.78, 5) is 4.65. The van der Waals surface area contributed by atoms with Crippen LogP contribution in [-0.2, 0) is 10.0 Å². The van der Waals surface area contributed by atoms with E-state index in [0.717, 1.165) is 30.7 Å². The van der Waals surface area contributed by atoms with Crippen molar-refractivity contribution in [3.05, 3.63) is 29.8 Å². The number of sulfonamides is 1. The van der Waals surface area contributed by atoms with E-state index in [1.165, 1.54) is 6.26 Å². The van der Waals surface area contributed by atoms with Crippen LogP contribution in [0.3, 0.4) is 0 Å². The van der Waals surface area contributed by atoms with Crippen LogP contribution < -0.4 is 15.4 Å². The van der Waals surface area contributed by atoms with Crippen molar-refractivity contribution in [2.75, 3.05) is 32.5 Å². The average molecular weight is 553 g/mol. The highest BCUT2D eigenvalue weighted by atomic mass is 127. The van der Waals surface area contributed by atoms with E-state index in [4.69, 9.17) is 4.74 Å². The summed E-state index contributed by atoms with van der Waals surface area (Å²) >= 11 is 0. The number of halogens is 1. The molecule has 2 N–H and O–H groups in total. The van der Waals surface area contributed by atoms with Crippen molar-refractivity contribution in [2.45, 2.75) is 52.6 Å². The third kappa shape index (κ3) is 8.58. The normalized spacial score (nSPS) is 18.7. The lowest BCUT2D eigenvalue weighted by Gasteiger charge is -2.22. The summed E-state index contributed by atoms with van der Waals surface area (Å²) in [5, 5.41) is 6.66. The Kier molecular flexibility index (Phi) is 11.4. The lowest BCUT2D eigenvalue weighted by atomic mass is 10.1. The fourth-order valence-corrected chi connectivity index (χ4v) is 4.52. The Hall–Kier alpha value is -1.07. The predicted molar refractivity (Wildman–Crippen MR) is 134 cm³/mol. The molecule has 9 heteroatoms. The fourth-order valence-electron chi connectivity index (χ4n) is 3.35. The molecule has 30 heavy (non-hydrogen) atoms. The van der Waals surface area contributed by atoms with Gasteiger partial charge < -0.3 is 15.4 Å². The fraction of sp³-hybridized carbons (Fsp3) is 0.667. The molecule has 0 aliphatic carbocycles. The molecule has 1 heterocycles. The van der Waals surface area contributed by atoms with Gasteiger partial charge in [0.15, 0.2) is 5.96 Å². The van der Waals surface area contributed by atoms with Crippen molar-refractivity contribution in [1.82, 2.24) is 14.9 Å². The van der Waals surface area contributed by atoms with E-state index in [1.807, 2.05) is 19.1 Å². The summed E-state index contributed by atoms with van der Waals surface area (Å²) in [7, 11) is -3.18. The number of hydrogen-bond acceptors (Lipinski definition) is 4. The largest absolute Gasteiger partial charge is 0.493 e. The van der Waals surface area contributed by atoms with Gasteiger partial charge in [-0.2, -0.15) is 4.31 Å². The second-order valence-corrected chi connectivity index (χ2v) is 9.96. The first-order valence-corrected chi connectivity index (χ1v) is 12.3. The molecule has 7 nitrogen and oxygen atoms in total. The zero-order chi connectivity index (χ0) is 21.4. The maximum Gasteiger partial charge on any atom is 0.211 e. The number of ether oxygens (including phenoxy) is 1. The van der Waals surface area contributed by atoms with Gasteiger partial charge in [-0.15, -0.1) is 24.0 Å². The molecular formula is C21H37IN4O3S. The highest BCUT2D eigenvalue weighted by Crippen LogP contribution is 2.21. The molecule has 1 aromatic carbocycles. The van der Waals surface area contributed by atoms with Crippen molar-refractivity contribution >= 4 is 40.0 Å². The molecule has 0 aromatic heterocycles. The quantitative estimate of drug-likeness (QED) is 0.279. The highest BCUT2D eigenvalue weighted by molar-refractivity contribution is 14.0. The number of aliphatic imine (C=N–C) groups is 1. The molecule has 2 rings (SSSR count). The Morgan fingerprint density at radius 2 is 1.93 bits per heavy atom. The zero-order valence-electron chi connectivity index (χ0n) is 18.7. The van der Waals surface area contributed by atoms with Gasteiger partial charge in [0.05, 0.1) is 25.4 Å². The lowest BCUT2D eigenvalue weighted by Crippen LogP contribution is -2.41. The van der Waals surface area contributed by atoms with Gasteiger partial charge in [0.25, 0.3) is 0 Å². The zero-order valence-corrected chi connectivity index (χ0v) is 21.9. The topological polar surface area (TPSA) is 83.0 Å². The number of benzene rings is 1. The molecule has 0 saturated carbocycles. The Morgan fingerprint density at radius 3 is 2.50 bits per heavy atom. The van der Waals surface area contributed by atoms with Crippen LogP contribution in [0.4, 0.5) is 0 Å². The first kappa shape index (κ1) is 27.0. The van der Waals surface area contributed by atoms with E-state index < -0.39 is 10.0 Å². The van der Waals surface area contributed by atoms with Crippen molar-refractivity contribution in [3.63, 3.8) is 0 Å². The molecule has 0 radical (unpaired) electrons. The van der Waals surface area contributed by atoms with Gasteiger partial charge >= 0.3 is 0 Å². The molecule has 0 bridgehead atoms.